The minimum atomic E-state index is -3.90. The predicted molar refractivity (Wildman–Crippen MR) is 75.2 cm³/mol. The SMILES string of the molecule is COC(=O)C1CCCC1S(=O)(=O)N=S1(=O)CCNCC1. The average molecular weight is 324 g/mol. The quantitative estimate of drug-likeness (QED) is 0.717. The number of carbonyl (C=O) groups is 1. The standard InChI is InChI=1S/C11H20N2O5S2/c1-18-11(14)9-3-2-4-10(9)20(16,17)13-19(15)7-5-12-6-8-19/h9-10,12H,2-8H2,1H3. The van der Waals surface area contributed by atoms with Crippen LogP contribution in [0.3, 0.4) is 0 Å². The molecule has 2 fully saturated rings. The molecule has 0 radical (unpaired) electrons. The fraction of sp³-hybridized carbons (Fsp3) is 0.909. The highest BCUT2D eigenvalue weighted by Gasteiger charge is 2.43. The zero-order valence-electron chi connectivity index (χ0n) is 11.4. The van der Waals surface area contributed by atoms with Gasteiger partial charge in [-0.05, 0) is 12.8 Å². The van der Waals surface area contributed by atoms with Gasteiger partial charge in [-0.25, -0.2) is 12.6 Å². The Balaban J connectivity index is 2.28. The molecule has 0 amide bonds. The molecule has 116 valence electrons. The number of sulfonamides is 1. The van der Waals surface area contributed by atoms with E-state index in [1.54, 1.807) is 0 Å². The molecule has 20 heavy (non-hydrogen) atoms. The molecule has 1 N–H and O–H groups in total. The summed E-state index contributed by atoms with van der Waals surface area (Å²) in [6, 6.07) is 0. The van der Waals surface area contributed by atoms with Crippen LogP contribution < -0.4 is 5.32 Å². The van der Waals surface area contributed by atoms with Crippen LogP contribution in [0.5, 0.6) is 0 Å². The largest absolute Gasteiger partial charge is 0.469 e. The van der Waals surface area contributed by atoms with Crippen LogP contribution in [0.15, 0.2) is 3.77 Å². The summed E-state index contributed by atoms with van der Waals surface area (Å²) in [5.74, 6) is -0.728. The lowest BCUT2D eigenvalue weighted by Crippen LogP contribution is -2.37. The van der Waals surface area contributed by atoms with Gasteiger partial charge in [0.25, 0.3) is 10.0 Å². The van der Waals surface area contributed by atoms with Gasteiger partial charge in [-0.1, -0.05) is 6.42 Å². The lowest BCUT2D eigenvalue weighted by Gasteiger charge is -2.19. The van der Waals surface area contributed by atoms with Crippen molar-refractivity contribution in [1.29, 1.82) is 0 Å². The van der Waals surface area contributed by atoms with E-state index in [4.69, 9.17) is 0 Å². The summed E-state index contributed by atoms with van der Waals surface area (Å²) in [6.45, 7) is 1.01. The second-order valence-electron chi connectivity index (χ2n) is 5.12. The van der Waals surface area contributed by atoms with Crippen molar-refractivity contribution >= 4 is 25.7 Å². The topological polar surface area (TPSA) is 102 Å². The highest BCUT2D eigenvalue weighted by molar-refractivity contribution is 8.03. The van der Waals surface area contributed by atoms with Crippen LogP contribution >= 0.6 is 0 Å². The molecular weight excluding hydrogens is 304 g/mol. The number of esters is 1. The number of methoxy groups -OCH3 is 1. The Kier molecular flexibility index (Phi) is 4.70. The minimum absolute atomic E-state index is 0.238. The number of ether oxygens (including phenoxy) is 1. The second-order valence-corrected chi connectivity index (χ2v) is 9.71. The van der Waals surface area contributed by atoms with Crippen LogP contribution in [0.25, 0.3) is 0 Å². The predicted octanol–water partition coefficient (Wildman–Crippen LogP) is -0.271. The summed E-state index contributed by atoms with van der Waals surface area (Å²) < 4.78 is 45.5. The van der Waals surface area contributed by atoms with E-state index in [2.05, 4.69) is 13.8 Å². The molecule has 7 nitrogen and oxygen atoms in total. The van der Waals surface area contributed by atoms with E-state index in [1.807, 2.05) is 0 Å². The lowest BCUT2D eigenvalue weighted by molar-refractivity contribution is -0.145. The third-order valence-electron chi connectivity index (χ3n) is 3.77. The van der Waals surface area contributed by atoms with Crippen LogP contribution in [-0.2, 0) is 29.3 Å². The summed E-state index contributed by atoms with van der Waals surface area (Å²) >= 11 is 0. The monoisotopic (exact) mass is 324 g/mol. The molecule has 0 aromatic rings. The molecule has 1 aliphatic heterocycles. The van der Waals surface area contributed by atoms with E-state index in [-0.39, 0.29) is 11.5 Å². The summed E-state index contributed by atoms with van der Waals surface area (Å²) in [5, 5.41) is 2.14. The van der Waals surface area contributed by atoms with E-state index in [0.717, 1.165) is 0 Å². The Labute approximate surface area is 119 Å². The zero-order chi connectivity index (χ0) is 14.8. The summed E-state index contributed by atoms with van der Waals surface area (Å²) in [7, 11) is -5.38. The van der Waals surface area contributed by atoms with Crippen molar-refractivity contribution in [3.05, 3.63) is 0 Å². The third kappa shape index (κ3) is 3.32. The summed E-state index contributed by atoms with van der Waals surface area (Å²) in [4.78, 5) is 11.6. The Morgan fingerprint density at radius 3 is 2.55 bits per heavy atom. The molecule has 2 unspecified atom stereocenters. The minimum Gasteiger partial charge on any atom is -0.469 e. The second kappa shape index (κ2) is 5.98. The van der Waals surface area contributed by atoms with Crippen LogP contribution in [0.2, 0.25) is 0 Å². The first-order chi connectivity index (χ1) is 9.38. The van der Waals surface area contributed by atoms with Gasteiger partial charge in [0.2, 0.25) is 0 Å². The number of nitrogens with one attached hydrogen (secondary N) is 1. The highest BCUT2D eigenvalue weighted by atomic mass is 32.3. The molecule has 0 aromatic heterocycles. The molecule has 0 aromatic carbocycles. The van der Waals surface area contributed by atoms with Crippen LogP contribution in [0.1, 0.15) is 19.3 Å². The molecule has 1 saturated heterocycles. The number of hydrogen-bond acceptors (Lipinski definition) is 6. The van der Waals surface area contributed by atoms with E-state index in [1.165, 1.54) is 7.11 Å². The third-order valence-corrected chi connectivity index (χ3v) is 8.71. The van der Waals surface area contributed by atoms with Crippen LogP contribution in [0, 0.1) is 5.92 Å². The average Bonchev–Trinajstić information content (AvgIpc) is 2.87. The maximum atomic E-state index is 12.4. The first-order valence-corrected chi connectivity index (χ1v) is 10.00. The highest BCUT2D eigenvalue weighted by Crippen LogP contribution is 2.33. The summed E-state index contributed by atoms with van der Waals surface area (Å²) in [6.07, 6.45) is 1.50. The first-order valence-electron chi connectivity index (χ1n) is 6.64. The molecule has 1 heterocycles. The fourth-order valence-electron chi connectivity index (χ4n) is 2.71. The fourth-order valence-corrected chi connectivity index (χ4v) is 7.52. The normalized spacial score (nSPS) is 29.9. The van der Waals surface area contributed by atoms with Gasteiger partial charge in [-0.2, -0.15) is 0 Å². The molecule has 9 heteroatoms. The van der Waals surface area contributed by atoms with Crippen molar-refractivity contribution in [2.75, 3.05) is 31.7 Å². The Morgan fingerprint density at radius 2 is 1.95 bits per heavy atom. The van der Waals surface area contributed by atoms with Gasteiger partial charge in [-0.15, -0.1) is 3.77 Å². The smallest absolute Gasteiger partial charge is 0.310 e. The zero-order valence-corrected chi connectivity index (χ0v) is 13.0. The van der Waals surface area contributed by atoms with Crippen LogP contribution in [0.4, 0.5) is 0 Å². The Hall–Kier alpha value is -0.670. The van der Waals surface area contributed by atoms with E-state index in [9.17, 15) is 17.4 Å². The van der Waals surface area contributed by atoms with Crippen molar-refractivity contribution in [2.24, 2.45) is 9.69 Å². The van der Waals surface area contributed by atoms with E-state index in [0.29, 0.717) is 32.4 Å². The van der Waals surface area contributed by atoms with Gasteiger partial charge in [0.1, 0.15) is 0 Å². The van der Waals surface area contributed by atoms with E-state index < -0.39 is 36.9 Å². The van der Waals surface area contributed by atoms with Gasteiger partial charge in [0, 0.05) is 24.6 Å². The molecule has 1 aliphatic carbocycles. The Bertz CT molecular complexity index is 580. The van der Waals surface area contributed by atoms with E-state index >= 15 is 0 Å². The van der Waals surface area contributed by atoms with Crippen molar-refractivity contribution in [3.63, 3.8) is 0 Å². The van der Waals surface area contributed by atoms with Gasteiger partial charge >= 0.3 is 5.97 Å². The van der Waals surface area contributed by atoms with Crippen molar-refractivity contribution in [3.8, 4) is 0 Å². The molecule has 1 saturated carbocycles. The number of carbonyl (C=O) groups excluding carboxylic acids is 1. The van der Waals surface area contributed by atoms with Crippen molar-refractivity contribution in [1.82, 2.24) is 5.32 Å². The van der Waals surface area contributed by atoms with Gasteiger partial charge in [-0.3, -0.25) is 4.79 Å². The molecule has 0 spiro atoms. The number of nitrogens with zero attached hydrogens (tertiary/aromatic N) is 1. The van der Waals surface area contributed by atoms with Gasteiger partial charge < -0.3 is 10.1 Å². The molecule has 2 rings (SSSR count). The summed E-state index contributed by atoms with van der Waals surface area (Å²) in [5.41, 5.74) is 0. The first kappa shape index (κ1) is 15.7. The Morgan fingerprint density at radius 1 is 1.30 bits per heavy atom. The maximum Gasteiger partial charge on any atom is 0.310 e. The van der Waals surface area contributed by atoms with Gasteiger partial charge in [0.15, 0.2) is 0 Å². The lowest BCUT2D eigenvalue weighted by atomic mass is 10.1. The van der Waals surface area contributed by atoms with Gasteiger partial charge in [0.05, 0.1) is 28.0 Å². The number of hydrogen-bond donors (Lipinski definition) is 1. The maximum absolute atomic E-state index is 12.4. The van der Waals surface area contributed by atoms with Crippen LogP contribution in [-0.4, -0.2) is 55.6 Å². The van der Waals surface area contributed by atoms with Crippen molar-refractivity contribution < 1.29 is 22.2 Å². The molecule has 0 bridgehead atoms. The van der Waals surface area contributed by atoms with Crippen molar-refractivity contribution in [2.45, 2.75) is 24.5 Å². The molecule has 2 atom stereocenters. The molecular formula is C11H20N2O5S2. The number of rotatable bonds is 3. The molecule has 2 aliphatic rings.